The van der Waals surface area contributed by atoms with Gasteiger partial charge in [-0.3, -0.25) is 14.4 Å². The number of hydrogen-bond donors (Lipinski definition) is 4. The zero-order valence-electron chi connectivity index (χ0n) is 35.1. The van der Waals surface area contributed by atoms with Crippen LogP contribution in [0.25, 0.3) is 11.1 Å². The lowest BCUT2D eigenvalue weighted by atomic mass is 9.45. The molecule has 1 heterocycles. The molecule has 306 valence electrons. The van der Waals surface area contributed by atoms with Gasteiger partial charge >= 0.3 is 0 Å². The van der Waals surface area contributed by atoms with Crippen LogP contribution in [0.1, 0.15) is 83.7 Å². The number of likely N-dealkylation sites (N-methyl/N-ethyl adjacent to an activating group) is 1. The molecule has 1 unspecified atom stereocenters. The zero-order chi connectivity index (χ0) is 40.7. The number of anilines is 1. The lowest BCUT2D eigenvalue weighted by Gasteiger charge is -2.62. The highest BCUT2D eigenvalue weighted by Gasteiger charge is 2.57. The van der Waals surface area contributed by atoms with Crippen molar-refractivity contribution in [2.75, 3.05) is 53.4 Å². The number of hydroxylamine groups is 2. The molecule has 2 bridgehead atoms. The van der Waals surface area contributed by atoms with Gasteiger partial charge < -0.3 is 35.4 Å². The summed E-state index contributed by atoms with van der Waals surface area (Å²) < 4.78 is 6.81. The molecule has 12 heteroatoms. The Morgan fingerprint density at radius 2 is 1.84 bits per heavy atom. The number of hydrogen-bond acceptors (Lipinski definition) is 9. The van der Waals surface area contributed by atoms with Gasteiger partial charge in [-0.1, -0.05) is 59.7 Å². The summed E-state index contributed by atoms with van der Waals surface area (Å²) in [5.41, 5.74) is 3.96. The summed E-state index contributed by atoms with van der Waals surface area (Å²) in [6, 6.07) is 8.88. The van der Waals surface area contributed by atoms with Crippen LogP contribution in [-0.4, -0.2) is 111 Å². The van der Waals surface area contributed by atoms with Gasteiger partial charge in [0, 0.05) is 49.8 Å². The summed E-state index contributed by atoms with van der Waals surface area (Å²) in [5, 5.41) is 29.6. The van der Waals surface area contributed by atoms with Gasteiger partial charge in [-0.15, -0.1) is 0 Å². The second-order valence-corrected chi connectivity index (χ2v) is 19.5. The Kier molecular flexibility index (Phi) is 13.4. The summed E-state index contributed by atoms with van der Waals surface area (Å²) >= 11 is 3.75. The number of nitrogens with one attached hydrogen (secondary N) is 2. The number of amides is 2. The number of halogens is 1. The van der Waals surface area contributed by atoms with Gasteiger partial charge in [0.25, 0.3) is 5.91 Å². The molecule has 0 radical (unpaired) electrons. The third-order valence-electron chi connectivity index (χ3n) is 12.6. The molecule has 3 aliphatic carbocycles. The fourth-order valence-electron chi connectivity index (χ4n) is 9.69. The van der Waals surface area contributed by atoms with Crippen LogP contribution in [0.5, 0.6) is 5.75 Å². The molecule has 4 fully saturated rings. The minimum atomic E-state index is -0.903. The van der Waals surface area contributed by atoms with Gasteiger partial charge in [0.2, 0.25) is 5.91 Å². The Morgan fingerprint density at radius 1 is 1.15 bits per heavy atom. The lowest BCUT2D eigenvalue weighted by molar-refractivity contribution is -0.183. The Bertz CT molecular complexity index is 1690. The van der Waals surface area contributed by atoms with E-state index in [1.165, 1.54) is 6.42 Å². The van der Waals surface area contributed by atoms with Crippen molar-refractivity contribution in [1.29, 1.82) is 0 Å². The molecule has 3 saturated carbocycles. The molecule has 4 N–H and O–H groups in total. The van der Waals surface area contributed by atoms with Gasteiger partial charge in [0.1, 0.15) is 17.9 Å². The highest BCUT2D eigenvalue weighted by atomic mass is 79.9. The normalized spacial score (nSPS) is 27.3. The maximum atomic E-state index is 14.3. The second kappa shape index (κ2) is 17.0. The third kappa shape index (κ3) is 9.20. The first-order valence-electron chi connectivity index (χ1n) is 19.8. The number of para-hydroxylation sites is 1. The Hall–Kier alpha value is -2.74. The third-order valence-corrected chi connectivity index (χ3v) is 13.4. The lowest BCUT2D eigenvalue weighted by Crippen LogP contribution is -2.62. The molecule has 0 aromatic heterocycles. The van der Waals surface area contributed by atoms with E-state index >= 15 is 0 Å². The molecule has 9 atom stereocenters. The highest BCUT2D eigenvalue weighted by Crippen LogP contribution is 2.61. The molecular formula is C43H66BrN5O6. The zero-order valence-corrected chi connectivity index (χ0v) is 36.7. The number of aliphatic hydroxyl groups is 2. The van der Waals surface area contributed by atoms with Crippen LogP contribution in [0.2, 0.25) is 0 Å². The average Bonchev–Trinajstić information content (AvgIpc) is 3.46. The van der Waals surface area contributed by atoms with Crippen LogP contribution in [0.15, 0.2) is 34.8 Å². The number of aliphatic hydroxyl groups excluding tert-OH is 2. The first-order chi connectivity index (χ1) is 25.7. The van der Waals surface area contributed by atoms with Crippen molar-refractivity contribution < 1.29 is 29.4 Å². The van der Waals surface area contributed by atoms with Crippen LogP contribution in [0, 0.1) is 34.5 Å². The summed E-state index contributed by atoms with van der Waals surface area (Å²) in [6.07, 6.45) is 1.28. The smallest absolute Gasteiger partial charge is 0.252 e. The molecule has 2 aromatic carbocycles. The van der Waals surface area contributed by atoms with Crippen molar-refractivity contribution in [2.24, 2.45) is 34.5 Å². The molecule has 2 aromatic rings. The van der Waals surface area contributed by atoms with Crippen LogP contribution >= 0.6 is 15.9 Å². The van der Waals surface area contributed by atoms with Crippen molar-refractivity contribution in [2.45, 2.75) is 105 Å². The summed E-state index contributed by atoms with van der Waals surface area (Å²) in [5.74, 6) is 1.01. The number of fused-ring (bicyclic) bond motifs is 2. The van der Waals surface area contributed by atoms with Gasteiger partial charge in [-0.05, 0) is 102 Å². The maximum absolute atomic E-state index is 14.3. The van der Waals surface area contributed by atoms with E-state index < -0.39 is 24.2 Å². The fraction of sp³-hybridized carbons (Fsp3) is 0.674. The first-order valence-corrected chi connectivity index (χ1v) is 20.6. The molecule has 1 saturated heterocycles. The Balaban J connectivity index is 1.48. The minimum absolute atomic E-state index is 0.0204. The van der Waals surface area contributed by atoms with E-state index in [-0.39, 0.29) is 47.9 Å². The topological polar surface area (TPSA) is 127 Å². The number of carbonyl (C=O) groups is 2. The standard InChI is InChI=1S/C43H66BrN5O6/c1-24-32-18-28(43(32,6)7)19-33(24)46-41(53)38-36(25(2)51)35(23-50)55-49(38)21-26-14-13-15-30(39(26)54-12)27-16-31(37(44)34(17-27)48(10)11)40(52)45-29(22-47(8)9)20-42(3,4)5/h13-17,24-25,28-29,32-33,35-36,38,50-51H,18-23H2,1-12H3,(H,45,52)(H,46,53)/t24-,25-,28+,29-,32-,33-,35?,36+,38-/m0/s1. The maximum Gasteiger partial charge on any atom is 0.252 e. The van der Waals surface area contributed by atoms with Crippen molar-refractivity contribution >= 4 is 33.4 Å². The highest BCUT2D eigenvalue weighted by molar-refractivity contribution is 9.10. The number of methoxy groups -OCH3 is 1. The molecule has 55 heavy (non-hydrogen) atoms. The number of ether oxygens (including phenoxy) is 1. The van der Waals surface area contributed by atoms with Crippen LogP contribution in [-0.2, 0) is 16.2 Å². The molecular weight excluding hydrogens is 762 g/mol. The van der Waals surface area contributed by atoms with E-state index in [9.17, 15) is 19.8 Å². The first kappa shape index (κ1) is 43.4. The molecule has 1 aliphatic heterocycles. The average molecular weight is 829 g/mol. The number of nitrogens with zero attached hydrogens (tertiary/aromatic N) is 3. The van der Waals surface area contributed by atoms with E-state index in [0.29, 0.717) is 40.1 Å². The molecule has 0 spiro atoms. The quantitative estimate of drug-likeness (QED) is 0.183. The Morgan fingerprint density at radius 3 is 2.38 bits per heavy atom. The van der Waals surface area contributed by atoms with E-state index in [2.05, 4.69) is 73.0 Å². The van der Waals surface area contributed by atoms with Crippen molar-refractivity contribution in [3.8, 4) is 16.9 Å². The van der Waals surface area contributed by atoms with Gasteiger partial charge in [-0.2, -0.15) is 5.06 Å². The van der Waals surface area contributed by atoms with Gasteiger partial charge in [-0.25, -0.2) is 0 Å². The minimum Gasteiger partial charge on any atom is -0.496 e. The van der Waals surface area contributed by atoms with Crippen molar-refractivity contribution in [3.05, 3.63) is 45.9 Å². The molecule has 11 nitrogen and oxygen atoms in total. The molecule has 2 amide bonds. The monoisotopic (exact) mass is 827 g/mol. The number of rotatable bonds is 14. The van der Waals surface area contributed by atoms with Crippen LogP contribution in [0.3, 0.4) is 0 Å². The molecule has 4 aliphatic rings. The summed E-state index contributed by atoms with van der Waals surface area (Å²) in [6.45, 7) is 15.6. The van der Waals surface area contributed by atoms with E-state index in [1.54, 1.807) is 19.1 Å². The number of benzene rings is 2. The van der Waals surface area contributed by atoms with Crippen molar-refractivity contribution in [3.63, 3.8) is 0 Å². The SMILES string of the molecule is COc1c(CN2OC(CO)[C@@H]([C@H](C)O)[C@H]2C(=O)N[C@H]2C[C@H]3C[C@@H]([C@@H]2C)C3(C)C)cccc1-c1cc(C(=O)N[C@H](CN(C)C)CC(C)(C)C)c(Br)c(N(C)C)c1. The van der Waals surface area contributed by atoms with E-state index in [1.807, 2.05) is 63.4 Å². The van der Waals surface area contributed by atoms with Crippen LogP contribution < -0.4 is 20.3 Å². The van der Waals surface area contributed by atoms with Gasteiger partial charge in [0.15, 0.2) is 0 Å². The fourth-order valence-corrected chi connectivity index (χ4v) is 10.5. The second-order valence-electron chi connectivity index (χ2n) is 18.7. The largest absolute Gasteiger partial charge is 0.496 e. The van der Waals surface area contributed by atoms with E-state index in [4.69, 9.17) is 9.57 Å². The summed E-state index contributed by atoms with van der Waals surface area (Å²) in [7, 11) is 9.52. The van der Waals surface area contributed by atoms with Crippen LogP contribution in [0.4, 0.5) is 5.69 Å². The number of carbonyl (C=O) groups excluding carboxylic acids is 2. The van der Waals surface area contributed by atoms with Crippen molar-refractivity contribution in [1.82, 2.24) is 20.6 Å². The predicted octanol–water partition coefficient (Wildman–Crippen LogP) is 5.95. The Labute approximate surface area is 337 Å². The molecule has 6 rings (SSSR count). The summed E-state index contributed by atoms with van der Waals surface area (Å²) in [4.78, 5) is 38.8. The van der Waals surface area contributed by atoms with Gasteiger partial charge in [0.05, 0.1) is 42.1 Å². The predicted molar refractivity (Wildman–Crippen MR) is 222 cm³/mol. The van der Waals surface area contributed by atoms with E-state index in [0.717, 1.165) is 35.2 Å².